The molecule has 3 fully saturated rings. The molecule has 1 aromatic rings. The molecule has 0 amide bonds. The van der Waals surface area contributed by atoms with Crippen molar-refractivity contribution in [3.63, 3.8) is 0 Å². The summed E-state index contributed by atoms with van der Waals surface area (Å²) < 4.78 is 12.1. The first-order chi connectivity index (χ1) is 19.5. The molecule has 13 unspecified atom stereocenters. The summed E-state index contributed by atoms with van der Waals surface area (Å²) in [6.07, 6.45) is 1.20. The molecule has 3 aliphatic carbocycles. The van der Waals surface area contributed by atoms with Gasteiger partial charge in [0.15, 0.2) is 6.29 Å². The normalized spacial score (nSPS) is 44.9. The summed E-state index contributed by atoms with van der Waals surface area (Å²) in [6, 6.07) is 4.62. The molecule has 2 saturated heterocycles. The second-order valence-corrected chi connectivity index (χ2v) is 14.0. The van der Waals surface area contributed by atoms with Crippen LogP contribution in [-0.4, -0.2) is 87.6 Å². The highest BCUT2D eigenvalue weighted by Crippen LogP contribution is 2.60. The summed E-state index contributed by atoms with van der Waals surface area (Å²) in [4.78, 5) is 0. The van der Waals surface area contributed by atoms with Gasteiger partial charge in [0.2, 0.25) is 0 Å². The minimum Gasteiger partial charge on any atom is -0.394 e. The van der Waals surface area contributed by atoms with Crippen LogP contribution in [0.5, 0.6) is 0 Å². The van der Waals surface area contributed by atoms with E-state index in [1.165, 1.54) is 27.8 Å². The fraction of sp³-hybridized carbons (Fsp3) is 0.758. The average Bonchev–Trinajstić information content (AvgIpc) is 3.35. The fourth-order valence-corrected chi connectivity index (χ4v) is 8.95. The molecule has 0 radical (unpaired) electrons. The quantitative estimate of drug-likeness (QED) is 0.297. The number of aliphatic hydroxyl groups is 5. The van der Waals surface area contributed by atoms with Crippen LogP contribution in [0.1, 0.15) is 87.0 Å². The maximum Gasteiger partial charge on any atom is 0.187 e. The maximum absolute atomic E-state index is 10.6. The number of aliphatic hydroxyl groups excluding tert-OH is 5. The zero-order valence-electron chi connectivity index (χ0n) is 24.9. The smallest absolute Gasteiger partial charge is 0.187 e. The van der Waals surface area contributed by atoms with E-state index in [1.54, 1.807) is 0 Å². The summed E-state index contributed by atoms with van der Waals surface area (Å²) in [6.45, 7) is 9.47. The molecule has 0 aromatic heterocycles. The van der Waals surface area contributed by atoms with E-state index in [9.17, 15) is 25.5 Å². The minimum atomic E-state index is -1.46. The molecule has 0 spiro atoms. The molecular weight excluding hydrogens is 522 g/mol. The maximum atomic E-state index is 10.6. The summed E-state index contributed by atoms with van der Waals surface area (Å²) in [5, 5.41) is 54.9. The number of hydrogen-bond donors (Lipinski definition) is 6. The van der Waals surface area contributed by atoms with Crippen molar-refractivity contribution in [1.29, 1.82) is 0 Å². The Hall–Kier alpha value is -1.36. The number of rotatable bonds is 5. The number of ether oxygens (including phenoxy) is 2. The second kappa shape index (κ2) is 11.3. The van der Waals surface area contributed by atoms with Crippen LogP contribution < -0.4 is 5.32 Å². The van der Waals surface area contributed by atoms with E-state index in [2.05, 4.69) is 51.2 Å². The van der Waals surface area contributed by atoms with Gasteiger partial charge in [0, 0.05) is 6.04 Å². The molecule has 8 heteroatoms. The predicted molar refractivity (Wildman–Crippen MR) is 154 cm³/mol. The molecule has 1 aromatic carbocycles. The number of fused-ring (bicyclic) bond motifs is 5. The highest BCUT2D eigenvalue weighted by Gasteiger charge is 2.51. The number of piperidine rings is 1. The van der Waals surface area contributed by atoms with E-state index in [0.29, 0.717) is 17.8 Å². The Morgan fingerprint density at radius 3 is 2.66 bits per heavy atom. The van der Waals surface area contributed by atoms with Gasteiger partial charge >= 0.3 is 0 Å². The predicted octanol–water partition coefficient (Wildman–Crippen LogP) is 2.42. The molecule has 8 nitrogen and oxygen atoms in total. The van der Waals surface area contributed by atoms with Crippen molar-refractivity contribution in [2.75, 3.05) is 13.2 Å². The lowest BCUT2D eigenvalue weighted by atomic mass is 9.57. The zero-order chi connectivity index (χ0) is 29.2. The van der Waals surface area contributed by atoms with E-state index in [-0.39, 0.29) is 29.6 Å². The molecule has 2 heterocycles. The van der Waals surface area contributed by atoms with Gasteiger partial charge in [-0.15, -0.1) is 0 Å². The Balaban J connectivity index is 1.23. The summed E-state index contributed by atoms with van der Waals surface area (Å²) in [5.74, 6) is 1.59. The van der Waals surface area contributed by atoms with Crippen LogP contribution in [0.3, 0.4) is 0 Å². The van der Waals surface area contributed by atoms with Crippen molar-refractivity contribution in [3.05, 3.63) is 46.0 Å². The Morgan fingerprint density at radius 1 is 1.12 bits per heavy atom. The zero-order valence-corrected chi connectivity index (χ0v) is 24.9. The third-order valence-corrected chi connectivity index (χ3v) is 11.5. The number of benzene rings is 1. The van der Waals surface area contributed by atoms with Crippen molar-refractivity contribution in [2.45, 2.75) is 127 Å². The molecule has 5 aliphatic rings. The largest absolute Gasteiger partial charge is 0.394 e. The summed E-state index contributed by atoms with van der Waals surface area (Å²) >= 11 is 0. The summed E-state index contributed by atoms with van der Waals surface area (Å²) in [7, 11) is 0. The third-order valence-electron chi connectivity index (χ3n) is 11.5. The van der Waals surface area contributed by atoms with Crippen LogP contribution >= 0.6 is 0 Å². The highest BCUT2D eigenvalue weighted by molar-refractivity contribution is 5.50. The van der Waals surface area contributed by atoms with Crippen LogP contribution in [-0.2, 0) is 15.9 Å². The van der Waals surface area contributed by atoms with Crippen molar-refractivity contribution < 1.29 is 35.0 Å². The minimum absolute atomic E-state index is 0.0374. The standard InChI is InChI=1S/C33H49NO7/c1-16-11-26(40-32-31(39)30(38)29(37)27(15-35)41-32)28(34-14-16)18(3)21-7-8-22-23-6-5-19-12-20(36)9-10-33(19,4)25(23)13-24(22)17(21)2/h5,7-8,16,18,20,23,25-32,34-39H,6,9-15H2,1-4H3. The number of hydrogen-bond acceptors (Lipinski definition) is 8. The summed E-state index contributed by atoms with van der Waals surface area (Å²) in [5.41, 5.74) is 7.26. The van der Waals surface area contributed by atoms with Gasteiger partial charge in [0.1, 0.15) is 24.4 Å². The van der Waals surface area contributed by atoms with Crippen LogP contribution in [0.2, 0.25) is 0 Å². The van der Waals surface area contributed by atoms with Crippen molar-refractivity contribution in [1.82, 2.24) is 5.32 Å². The van der Waals surface area contributed by atoms with E-state index in [1.807, 2.05) is 0 Å². The van der Waals surface area contributed by atoms with Crippen molar-refractivity contribution >= 4 is 0 Å². The molecule has 13 atom stereocenters. The fourth-order valence-electron chi connectivity index (χ4n) is 8.95. The molecule has 1 saturated carbocycles. The Labute approximate surface area is 243 Å². The van der Waals surface area contributed by atoms with Gasteiger partial charge in [-0.3, -0.25) is 0 Å². The first kappa shape index (κ1) is 29.7. The Morgan fingerprint density at radius 2 is 1.90 bits per heavy atom. The highest BCUT2D eigenvalue weighted by atomic mass is 16.7. The third kappa shape index (κ3) is 5.02. The van der Waals surface area contributed by atoms with Gasteiger partial charge in [0.05, 0.1) is 18.8 Å². The van der Waals surface area contributed by atoms with Gasteiger partial charge in [0.25, 0.3) is 0 Å². The molecule has 6 rings (SSSR count). The lowest BCUT2D eigenvalue weighted by Crippen LogP contribution is -2.61. The lowest BCUT2D eigenvalue weighted by Gasteiger charge is -2.48. The van der Waals surface area contributed by atoms with Gasteiger partial charge in [-0.25, -0.2) is 0 Å². The Kier molecular flexibility index (Phi) is 8.18. The molecule has 41 heavy (non-hydrogen) atoms. The second-order valence-electron chi connectivity index (χ2n) is 14.0. The topological polar surface area (TPSA) is 132 Å². The number of nitrogens with one attached hydrogen (secondary N) is 1. The van der Waals surface area contributed by atoms with Crippen molar-refractivity contribution in [2.24, 2.45) is 17.3 Å². The first-order valence-electron chi connectivity index (χ1n) is 15.7. The molecular formula is C33H49NO7. The molecule has 2 aliphatic heterocycles. The van der Waals surface area contributed by atoms with E-state index in [0.717, 1.165) is 45.1 Å². The van der Waals surface area contributed by atoms with E-state index < -0.39 is 37.3 Å². The molecule has 228 valence electrons. The monoisotopic (exact) mass is 571 g/mol. The van der Waals surface area contributed by atoms with Crippen LogP contribution in [0.15, 0.2) is 23.8 Å². The van der Waals surface area contributed by atoms with Crippen LogP contribution in [0.4, 0.5) is 0 Å². The van der Waals surface area contributed by atoms with Crippen LogP contribution in [0.25, 0.3) is 0 Å². The molecule has 6 N–H and O–H groups in total. The Bertz CT molecular complexity index is 1150. The van der Waals surface area contributed by atoms with E-state index in [4.69, 9.17) is 9.47 Å². The van der Waals surface area contributed by atoms with Crippen LogP contribution in [0, 0.1) is 24.2 Å². The van der Waals surface area contributed by atoms with E-state index >= 15 is 0 Å². The average molecular weight is 572 g/mol. The van der Waals surface area contributed by atoms with Gasteiger partial charge in [-0.05, 0) is 103 Å². The van der Waals surface area contributed by atoms with Gasteiger partial charge in [-0.2, -0.15) is 0 Å². The first-order valence-corrected chi connectivity index (χ1v) is 15.7. The number of allylic oxidation sites excluding steroid dienone is 1. The molecule has 0 bridgehead atoms. The SMILES string of the molecule is Cc1c(C(C)C2NCC(C)CC2OC2OC(CO)C(O)C(O)C2O)ccc2c1CC1C2CC=C2CC(O)CCC21C. The lowest BCUT2D eigenvalue weighted by molar-refractivity contribution is -0.315. The van der Waals surface area contributed by atoms with Gasteiger partial charge < -0.3 is 40.3 Å². The van der Waals surface area contributed by atoms with Crippen molar-refractivity contribution in [3.8, 4) is 0 Å². The van der Waals surface area contributed by atoms with Gasteiger partial charge in [-0.1, -0.05) is 44.6 Å².